The maximum absolute atomic E-state index is 6.35. The minimum Gasteiger partial charge on any atom is -0.456 e. The standard InChI is InChI=1S/C56H38N6O/c1-35-13-17-41(18-14-35)53-57-51(39-9-5-3-6-10-39)59-55(61-53)43-25-21-37(22-26-43)45-29-31-49-47(33-45)48-34-46(30-32-50(48)63-49)38-23-27-44(28-24-38)56-60-52(40-11-7-4-8-12-40)58-54(62-56)42-19-15-36(2)16-20-42/h3-34H,1-2H3. The molecule has 0 unspecified atom stereocenters. The summed E-state index contributed by atoms with van der Waals surface area (Å²) in [5.74, 6) is 3.81. The summed E-state index contributed by atoms with van der Waals surface area (Å²) in [4.78, 5) is 29.5. The van der Waals surface area contributed by atoms with Gasteiger partial charge in [0.15, 0.2) is 34.9 Å². The first kappa shape index (κ1) is 37.6. The molecule has 3 heterocycles. The fraction of sp³-hybridized carbons (Fsp3) is 0.0357. The van der Waals surface area contributed by atoms with Crippen molar-refractivity contribution in [3.8, 4) is 90.6 Å². The second-order valence-electron chi connectivity index (χ2n) is 15.8. The van der Waals surface area contributed by atoms with E-state index in [-0.39, 0.29) is 0 Å². The van der Waals surface area contributed by atoms with Crippen LogP contribution in [0.15, 0.2) is 199 Å². The molecule has 0 saturated carbocycles. The highest BCUT2D eigenvalue weighted by Gasteiger charge is 2.16. The maximum atomic E-state index is 6.35. The van der Waals surface area contributed by atoms with Gasteiger partial charge in [-0.2, -0.15) is 0 Å². The molecule has 0 N–H and O–H groups in total. The van der Waals surface area contributed by atoms with Gasteiger partial charge in [0.25, 0.3) is 0 Å². The van der Waals surface area contributed by atoms with Crippen LogP contribution >= 0.6 is 0 Å². The molecular formula is C56H38N6O. The molecule has 0 saturated heterocycles. The molecule has 63 heavy (non-hydrogen) atoms. The van der Waals surface area contributed by atoms with Crippen molar-refractivity contribution >= 4 is 21.9 Å². The van der Waals surface area contributed by atoms with Crippen LogP contribution < -0.4 is 0 Å². The molecule has 0 aliphatic rings. The van der Waals surface area contributed by atoms with E-state index in [1.807, 2.05) is 60.7 Å². The zero-order valence-electron chi connectivity index (χ0n) is 34.6. The normalized spacial score (nSPS) is 11.3. The van der Waals surface area contributed by atoms with Gasteiger partial charge in [-0.05, 0) is 60.4 Å². The third kappa shape index (κ3) is 7.53. The molecule has 0 bridgehead atoms. The van der Waals surface area contributed by atoms with Gasteiger partial charge in [-0.1, -0.05) is 181 Å². The lowest BCUT2D eigenvalue weighted by atomic mass is 9.99. The largest absolute Gasteiger partial charge is 0.456 e. The molecule has 8 aromatic carbocycles. The highest BCUT2D eigenvalue weighted by Crippen LogP contribution is 2.36. The van der Waals surface area contributed by atoms with Crippen LogP contribution in [0.5, 0.6) is 0 Å². The zero-order chi connectivity index (χ0) is 42.3. The second kappa shape index (κ2) is 15.9. The average Bonchev–Trinajstić information content (AvgIpc) is 3.72. The molecular weight excluding hydrogens is 773 g/mol. The van der Waals surface area contributed by atoms with Crippen LogP contribution in [0.4, 0.5) is 0 Å². The van der Waals surface area contributed by atoms with E-state index in [2.05, 4.69) is 147 Å². The van der Waals surface area contributed by atoms with Crippen LogP contribution in [0, 0.1) is 13.8 Å². The molecule has 11 aromatic rings. The monoisotopic (exact) mass is 810 g/mol. The number of rotatable bonds is 8. The van der Waals surface area contributed by atoms with Gasteiger partial charge in [0.2, 0.25) is 0 Å². The maximum Gasteiger partial charge on any atom is 0.164 e. The van der Waals surface area contributed by atoms with Gasteiger partial charge in [-0.15, -0.1) is 0 Å². The lowest BCUT2D eigenvalue weighted by Crippen LogP contribution is -2.00. The van der Waals surface area contributed by atoms with Crippen LogP contribution in [0.1, 0.15) is 11.1 Å². The van der Waals surface area contributed by atoms with Crippen molar-refractivity contribution < 1.29 is 4.42 Å². The van der Waals surface area contributed by atoms with Crippen molar-refractivity contribution in [2.45, 2.75) is 13.8 Å². The zero-order valence-corrected chi connectivity index (χ0v) is 34.6. The molecule has 0 spiro atoms. The molecule has 298 valence electrons. The van der Waals surface area contributed by atoms with E-state index < -0.39 is 0 Å². The summed E-state index contributed by atoms with van der Waals surface area (Å²) in [6.07, 6.45) is 0. The number of benzene rings is 8. The van der Waals surface area contributed by atoms with E-state index in [9.17, 15) is 0 Å². The van der Waals surface area contributed by atoms with Crippen molar-refractivity contribution in [3.05, 3.63) is 205 Å². The number of furan rings is 1. The Bertz CT molecular complexity index is 3190. The summed E-state index contributed by atoms with van der Waals surface area (Å²) < 4.78 is 6.35. The summed E-state index contributed by atoms with van der Waals surface area (Å²) in [5, 5.41) is 2.11. The first-order valence-electron chi connectivity index (χ1n) is 20.9. The topological polar surface area (TPSA) is 90.5 Å². The number of aromatic nitrogens is 6. The Morgan fingerprint density at radius 1 is 0.254 bits per heavy atom. The van der Waals surface area contributed by atoms with Crippen molar-refractivity contribution in [2.24, 2.45) is 0 Å². The van der Waals surface area contributed by atoms with Crippen molar-refractivity contribution in [2.75, 3.05) is 0 Å². The third-order valence-electron chi connectivity index (χ3n) is 11.4. The summed E-state index contributed by atoms with van der Waals surface area (Å²) in [6.45, 7) is 4.15. The number of hydrogen-bond acceptors (Lipinski definition) is 7. The lowest BCUT2D eigenvalue weighted by molar-refractivity contribution is 0.669. The number of aryl methyl sites for hydroxylation is 2. The summed E-state index contributed by atoms with van der Waals surface area (Å²) in [7, 11) is 0. The molecule has 0 atom stereocenters. The Kier molecular flexibility index (Phi) is 9.47. The van der Waals surface area contributed by atoms with Crippen molar-refractivity contribution in [1.29, 1.82) is 0 Å². The van der Waals surface area contributed by atoms with E-state index in [4.69, 9.17) is 34.3 Å². The highest BCUT2D eigenvalue weighted by molar-refractivity contribution is 6.07. The molecule has 0 radical (unpaired) electrons. The first-order valence-corrected chi connectivity index (χ1v) is 20.9. The van der Waals surface area contributed by atoms with Gasteiger partial charge in [0, 0.05) is 44.2 Å². The van der Waals surface area contributed by atoms with E-state index in [1.165, 1.54) is 11.1 Å². The predicted octanol–water partition coefficient (Wildman–Crippen LogP) is 13.9. The SMILES string of the molecule is Cc1ccc(-c2nc(-c3ccccc3)nc(-c3ccc(-c4ccc5oc6ccc(-c7ccc(-c8nc(-c9ccccc9)nc(-c9ccc(C)cc9)n8)cc7)cc6c5c4)cc3)n2)cc1. The van der Waals surface area contributed by atoms with Gasteiger partial charge in [-0.3, -0.25) is 0 Å². The number of fused-ring (bicyclic) bond motifs is 3. The molecule has 7 heteroatoms. The summed E-state index contributed by atoms with van der Waals surface area (Å²) >= 11 is 0. The lowest BCUT2D eigenvalue weighted by Gasteiger charge is -2.09. The molecule has 0 fully saturated rings. The number of hydrogen-bond donors (Lipinski definition) is 0. The third-order valence-corrected chi connectivity index (χ3v) is 11.4. The Morgan fingerprint density at radius 2 is 0.508 bits per heavy atom. The van der Waals surface area contributed by atoms with Crippen molar-refractivity contribution in [1.82, 2.24) is 29.9 Å². The molecule has 0 aliphatic carbocycles. The Balaban J connectivity index is 0.902. The Labute approximate surface area is 364 Å². The molecule has 11 rings (SSSR count). The molecule has 3 aromatic heterocycles. The van der Waals surface area contributed by atoms with Gasteiger partial charge < -0.3 is 4.42 Å². The highest BCUT2D eigenvalue weighted by atomic mass is 16.3. The number of nitrogens with zero attached hydrogens (tertiary/aromatic N) is 6. The first-order chi connectivity index (χ1) is 31.0. The van der Waals surface area contributed by atoms with E-state index in [0.717, 1.165) is 77.6 Å². The van der Waals surface area contributed by atoms with Crippen LogP contribution in [0.2, 0.25) is 0 Å². The van der Waals surface area contributed by atoms with E-state index in [1.54, 1.807) is 0 Å². The second-order valence-corrected chi connectivity index (χ2v) is 15.8. The molecule has 0 amide bonds. The van der Waals surface area contributed by atoms with Crippen LogP contribution in [0.3, 0.4) is 0 Å². The van der Waals surface area contributed by atoms with Gasteiger partial charge in [0.05, 0.1) is 0 Å². The fourth-order valence-corrected chi connectivity index (χ4v) is 7.87. The smallest absolute Gasteiger partial charge is 0.164 e. The Morgan fingerprint density at radius 3 is 0.825 bits per heavy atom. The molecule has 7 nitrogen and oxygen atoms in total. The Hall–Kier alpha value is -8.42. The summed E-state index contributed by atoms with van der Waals surface area (Å²) in [5.41, 5.74) is 14.0. The minimum absolute atomic E-state index is 0.625. The minimum atomic E-state index is 0.625. The fourth-order valence-electron chi connectivity index (χ4n) is 7.87. The van der Waals surface area contributed by atoms with Crippen LogP contribution in [-0.2, 0) is 0 Å². The van der Waals surface area contributed by atoms with Crippen LogP contribution in [-0.4, -0.2) is 29.9 Å². The van der Waals surface area contributed by atoms with Gasteiger partial charge >= 0.3 is 0 Å². The summed E-state index contributed by atoms with van der Waals surface area (Å²) in [6, 6.07) is 66.3. The van der Waals surface area contributed by atoms with Crippen molar-refractivity contribution in [3.63, 3.8) is 0 Å². The predicted molar refractivity (Wildman–Crippen MR) is 253 cm³/mol. The quantitative estimate of drug-likeness (QED) is 0.151. The van der Waals surface area contributed by atoms with Gasteiger partial charge in [-0.25, -0.2) is 29.9 Å². The van der Waals surface area contributed by atoms with E-state index >= 15 is 0 Å². The van der Waals surface area contributed by atoms with Gasteiger partial charge in [0.1, 0.15) is 11.2 Å². The van der Waals surface area contributed by atoms with Crippen LogP contribution in [0.25, 0.3) is 113 Å². The molecule has 0 aliphatic heterocycles. The van der Waals surface area contributed by atoms with E-state index in [0.29, 0.717) is 34.9 Å². The average molecular weight is 811 g/mol.